The van der Waals surface area contributed by atoms with E-state index in [1.807, 2.05) is 0 Å². The zero-order valence-electron chi connectivity index (χ0n) is 7.93. The number of rotatable bonds is 4. The molecule has 1 heterocycles. The monoisotopic (exact) mass is 156 g/mol. The molecule has 0 atom stereocenters. The van der Waals surface area contributed by atoms with Crippen LogP contribution in [-0.2, 0) is 0 Å². The first-order valence-electron chi connectivity index (χ1n) is 4.70. The van der Waals surface area contributed by atoms with Crippen LogP contribution in [0.3, 0.4) is 0 Å². The third-order valence-corrected chi connectivity index (χ3v) is 2.52. The summed E-state index contributed by atoms with van der Waals surface area (Å²) in [6, 6.07) is 1.51. The van der Waals surface area contributed by atoms with Gasteiger partial charge in [-0.2, -0.15) is 0 Å². The topological polar surface area (TPSA) is 15.3 Å². The number of hydrogen-bond acceptors (Lipinski definition) is 2. The zero-order chi connectivity index (χ0) is 8.27. The van der Waals surface area contributed by atoms with Crippen LogP contribution in [0.1, 0.15) is 26.7 Å². The zero-order valence-corrected chi connectivity index (χ0v) is 7.93. The Hall–Kier alpha value is -0.0800. The number of hydrogen-bond donors (Lipinski definition) is 1. The van der Waals surface area contributed by atoms with Crippen molar-refractivity contribution in [1.29, 1.82) is 0 Å². The Morgan fingerprint density at radius 2 is 1.91 bits per heavy atom. The second-order valence-corrected chi connectivity index (χ2v) is 3.60. The summed E-state index contributed by atoms with van der Waals surface area (Å²) in [4.78, 5) is 2.35. The van der Waals surface area contributed by atoms with Crippen molar-refractivity contribution in [3.8, 4) is 0 Å². The predicted molar refractivity (Wildman–Crippen MR) is 48.8 cm³/mol. The van der Waals surface area contributed by atoms with E-state index in [4.69, 9.17) is 0 Å². The van der Waals surface area contributed by atoms with Crippen molar-refractivity contribution in [2.24, 2.45) is 0 Å². The number of likely N-dealkylation sites (N-methyl/N-ethyl adjacent to an activating group) is 1. The van der Waals surface area contributed by atoms with Crippen molar-refractivity contribution in [3.05, 3.63) is 0 Å². The van der Waals surface area contributed by atoms with Gasteiger partial charge in [-0.05, 0) is 19.9 Å². The summed E-state index contributed by atoms with van der Waals surface area (Å²) in [5, 5.41) is 3.64. The lowest BCUT2D eigenvalue weighted by atomic mass is 10.1. The van der Waals surface area contributed by atoms with E-state index >= 15 is 0 Å². The fourth-order valence-electron chi connectivity index (χ4n) is 1.66. The smallest absolute Gasteiger partial charge is 0.0324 e. The summed E-state index contributed by atoms with van der Waals surface area (Å²) >= 11 is 0. The third-order valence-electron chi connectivity index (χ3n) is 2.52. The second kappa shape index (κ2) is 4.07. The lowest BCUT2D eigenvalue weighted by Crippen LogP contribution is -2.58. The fraction of sp³-hybridized carbons (Fsp3) is 1.00. The highest BCUT2D eigenvalue weighted by Gasteiger charge is 2.23. The highest BCUT2D eigenvalue weighted by atomic mass is 15.2. The fourth-order valence-corrected chi connectivity index (χ4v) is 1.66. The van der Waals surface area contributed by atoms with Crippen LogP contribution in [0.25, 0.3) is 0 Å². The van der Waals surface area contributed by atoms with Gasteiger partial charge in [0.05, 0.1) is 0 Å². The molecule has 0 amide bonds. The van der Waals surface area contributed by atoms with Crippen LogP contribution in [0.15, 0.2) is 0 Å². The van der Waals surface area contributed by atoms with E-state index in [0.717, 1.165) is 12.1 Å². The Bertz CT molecular complexity index is 104. The molecule has 0 saturated carbocycles. The Morgan fingerprint density at radius 3 is 2.27 bits per heavy atom. The molecule has 0 aromatic rings. The Labute approximate surface area is 70.0 Å². The van der Waals surface area contributed by atoms with Gasteiger partial charge in [-0.25, -0.2) is 0 Å². The molecule has 0 aromatic heterocycles. The summed E-state index contributed by atoms with van der Waals surface area (Å²) in [6.45, 7) is 6.97. The summed E-state index contributed by atoms with van der Waals surface area (Å²) in [7, 11) is 2.17. The Morgan fingerprint density at radius 1 is 1.36 bits per heavy atom. The second-order valence-electron chi connectivity index (χ2n) is 3.60. The van der Waals surface area contributed by atoms with Crippen molar-refractivity contribution in [2.75, 3.05) is 20.1 Å². The maximum Gasteiger partial charge on any atom is 0.0324 e. The molecular weight excluding hydrogens is 136 g/mol. The molecule has 0 aromatic carbocycles. The largest absolute Gasteiger partial charge is 0.309 e. The van der Waals surface area contributed by atoms with Crippen molar-refractivity contribution in [2.45, 2.75) is 38.8 Å². The maximum atomic E-state index is 3.64. The van der Waals surface area contributed by atoms with Crippen LogP contribution in [0.2, 0.25) is 0 Å². The van der Waals surface area contributed by atoms with E-state index in [9.17, 15) is 0 Å². The standard InChI is InChI=1S/C9H20N2/c1-4-8(5-2)10-9-6-11(3)7-9/h8-10H,4-7H2,1-3H3. The molecule has 0 spiro atoms. The van der Waals surface area contributed by atoms with Crippen molar-refractivity contribution in [1.82, 2.24) is 10.2 Å². The molecule has 1 rings (SSSR count). The van der Waals surface area contributed by atoms with Gasteiger partial charge in [-0.3, -0.25) is 0 Å². The van der Waals surface area contributed by atoms with Gasteiger partial charge >= 0.3 is 0 Å². The highest BCUT2D eigenvalue weighted by molar-refractivity contribution is 4.85. The van der Waals surface area contributed by atoms with E-state index in [2.05, 4.69) is 31.1 Å². The average Bonchev–Trinajstić information content (AvgIpc) is 1.96. The van der Waals surface area contributed by atoms with E-state index in [1.54, 1.807) is 0 Å². The molecule has 0 radical (unpaired) electrons. The van der Waals surface area contributed by atoms with Gasteiger partial charge in [0.2, 0.25) is 0 Å². The first-order chi connectivity index (χ1) is 5.26. The molecule has 0 unspecified atom stereocenters. The molecule has 2 nitrogen and oxygen atoms in total. The lowest BCUT2D eigenvalue weighted by Gasteiger charge is -2.38. The SMILES string of the molecule is CCC(CC)NC1CN(C)C1. The summed E-state index contributed by atoms with van der Waals surface area (Å²) in [5.41, 5.74) is 0. The van der Waals surface area contributed by atoms with Crippen LogP contribution in [0.4, 0.5) is 0 Å². The summed E-state index contributed by atoms with van der Waals surface area (Å²) in [6.07, 6.45) is 2.52. The molecular formula is C9H20N2. The summed E-state index contributed by atoms with van der Waals surface area (Å²) in [5.74, 6) is 0. The Kier molecular flexibility index (Phi) is 3.34. The molecule has 1 N–H and O–H groups in total. The molecule has 1 fully saturated rings. The van der Waals surface area contributed by atoms with Gasteiger partial charge in [0.15, 0.2) is 0 Å². The maximum absolute atomic E-state index is 3.64. The molecule has 1 saturated heterocycles. The molecule has 11 heavy (non-hydrogen) atoms. The molecule has 1 aliphatic rings. The van der Waals surface area contributed by atoms with E-state index < -0.39 is 0 Å². The number of nitrogens with one attached hydrogen (secondary N) is 1. The van der Waals surface area contributed by atoms with E-state index in [-0.39, 0.29) is 0 Å². The third kappa shape index (κ3) is 2.46. The average molecular weight is 156 g/mol. The van der Waals surface area contributed by atoms with E-state index in [0.29, 0.717) is 0 Å². The van der Waals surface area contributed by atoms with Crippen LogP contribution in [-0.4, -0.2) is 37.1 Å². The van der Waals surface area contributed by atoms with Gasteiger partial charge in [0.25, 0.3) is 0 Å². The summed E-state index contributed by atoms with van der Waals surface area (Å²) < 4.78 is 0. The van der Waals surface area contributed by atoms with Crippen LogP contribution in [0, 0.1) is 0 Å². The number of nitrogens with zero attached hydrogens (tertiary/aromatic N) is 1. The van der Waals surface area contributed by atoms with Gasteiger partial charge in [-0.15, -0.1) is 0 Å². The van der Waals surface area contributed by atoms with Crippen LogP contribution < -0.4 is 5.32 Å². The van der Waals surface area contributed by atoms with Crippen LogP contribution in [0.5, 0.6) is 0 Å². The molecule has 1 aliphatic heterocycles. The lowest BCUT2D eigenvalue weighted by molar-refractivity contribution is 0.149. The number of likely N-dealkylation sites (tertiary alicyclic amines) is 1. The highest BCUT2D eigenvalue weighted by Crippen LogP contribution is 2.07. The quantitative estimate of drug-likeness (QED) is 0.655. The molecule has 66 valence electrons. The van der Waals surface area contributed by atoms with Crippen LogP contribution >= 0.6 is 0 Å². The Balaban J connectivity index is 2.09. The normalized spacial score (nSPS) is 20.7. The van der Waals surface area contributed by atoms with Gasteiger partial charge < -0.3 is 10.2 Å². The molecule has 0 aliphatic carbocycles. The van der Waals surface area contributed by atoms with Crippen molar-refractivity contribution < 1.29 is 0 Å². The minimum atomic E-state index is 0.744. The predicted octanol–water partition coefficient (Wildman–Crippen LogP) is 1.08. The molecule has 0 bridgehead atoms. The van der Waals surface area contributed by atoms with Crippen molar-refractivity contribution in [3.63, 3.8) is 0 Å². The molecule has 2 heteroatoms. The van der Waals surface area contributed by atoms with Crippen molar-refractivity contribution >= 4 is 0 Å². The minimum Gasteiger partial charge on any atom is -0.309 e. The van der Waals surface area contributed by atoms with E-state index in [1.165, 1.54) is 25.9 Å². The first-order valence-corrected chi connectivity index (χ1v) is 4.70. The van der Waals surface area contributed by atoms with Gasteiger partial charge in [-0.1, -0.05) is 13.8 Å². The first kappa shape index (κ1) is 9.01. The minimum absolute atomic E-state index is 0.744. The van der Waals surface area contributed by atoms with Gasteiger partial charge in [0.1, 0.15) is 0 Å². The van der Waals surface area contributed by atoms with Gasteiger partial charge in [0, 0.05) is 25.2 Å².